The van der Waals surface area contributed by atoms with E-state index in [2.05, 4.69) is 10.3 Å². The fourth-order valence-corrected chi connectivity index (χ4v) is 3.54. The molecule has 1 aromatic heterocycles. The number of ether oxygens (including phenoxy) is 1. The molecule has 3 aromatic rings. The Morgan fingerprint density at radius 1 is 1.00 bits per heavy atom. The molecular weight excluding hydrogens is 384 g/mol. The number of carbonyl (C=O) groups is 4. The van der Waals surface area contributed by atoms with Gasteiger partial charge in [-0.25, -0.2) is 4.79 Å². The van der Waals surface area contributed by atoms with E-state index in [1.165, 1.54) is 13.8 Å². The predicted molar refractivity (Wildman–Crippen MR) is 113 cm³/mol. The number of hydrogen-bond acceptors (Lipinski definition) is 5. The summed E-state index contributed by atoms with van der Waals surface area (Å²) >= 11 is 0. The number of hydrogen-bond donors (Lipinski definition) is 2. The Morgan fingerprint density at radius 2 is 1.63 bits per heavy atom. The molecule has 7 nitrogen and oxygen atoms in total. The van der Waals surface area contributed by atoms with Gasteiger partial charge in [0.1, 0.15) is 0 Å². The molecule has 30 heavy (non-hydrogen) atoms. The quantitative estimate of drug-likeness (QED) is 0.476. The number of aromatic amines is 1. The average molecular weight is 406 g/mol. The maximum atomic E-state index is 12.7. The van der Waals surface area contributed by atoms with E-state index in [9.17, 15) is 19.2 Å². The van der Waals surface area contributed by atoms with E-state index in [4.69, 9.17) is 4.74 Å². The Balaban J connectivity index is 1.85. The third-order valence-corrected chi connectivity index (χ3v) is 4.82. The molecule has 0 bridgehead atoms. The van der Waals surface area contributed by atoms with Crippen LogP contribution in [0.3, 0.4) is 0 Å². The summed E-state index contributed by atoms with van der Waals surface area (Å²) in [4.78, 5) is 51.5. The first-order valence-corrected chi connectivity index (χ1v) is 9.39. The minimum Gasteiger partial charge on any atom is -0.454 e. The van der Waals surface area contributed by atoms with E-state index in [1.807, 2.05) is 24.3 Å². The van der Waals surface area contributed by atoms with Crippen LogP contribution in [0.1, 0.15) is 56.3 Å². The number of carbonyl (C=O) groups excluding carboxylic acids is 4. The van der Waals surface area contributed by atoms with Gasteiger partial charge in [-0.1, -0.05) is 24.3 Å². The van der Waals surface area contributed by atoms with Gasteiger partial charge in [-0.2, -0.15) is 0 Å². The van der Waals surface area contributed by atoms with Crippen LogP contribution in [0.15, 0.2) is 36.4 Å². The number of rotatable bonds is 6. The van der Waals surface area contributed by atoms with E-state index in [0.717, 1.165) is 10.8 Å². The number of H-pyrrole nitrogens is 1. The molecule has 0 aliphatic heterocycles. The predicted octanol–water partition coefficient (Wildman–Crippen LogP) is 3.99. The Bertz CT molecular complexity index is 1190. The summed E-state index contributed by atoms with van der Waals surface area (Å²) in [5, 5.41) is 4.28. The van der Waals surface area contributed by atoms with Crippen molar-refractivity contribution in [2.75, 3.05) is 11.9 Å². The smallest absolute Gasteiger partial charge is 0.340 e. The fourth-order valence-electron chi connectivity index (χ4n) is 3.54. The largest absolute Gasteiger partial charge is 0.454 e. The van der Waals surface area contributed by atoms with Crippen molar-refractivity contribution in [3.8, 4) is 0 Å². The average Bonchev–Trinajstić information content (AvgIpc) is 2.99. The SMILES string of the molecule is CC(=O)Nc1cc2ccccc2cc1C(=O)OCC(=O)c1[nH]c(C)c(C(C)=O)c1C. The maximum absolute atomic E-state index is 12.7. The summed E-state index contributed by atoms with van der Waals surface area (Å²) in [7, 11) is 0. The van der Waals surface area contributed by atoms with Gasteiger partial charge in [-0.05, 0) is 49.2 Å². The van der Waals surface area contributed by atoms with Gasteiger partial charge in [-0.3, -0.25) is 14.4 Å². The lowest BCUT2D eigenvalue weighted by Gasteiger charge is -2.11. The first-order chi connectivity index (χ1) is 14.2. The molecule has 0 saturated heterocycles. The Hall–Kier alpha value is -3.74. The zero-order valence-corrected chi connectivity index (χ0v) is 17.2. The van der Waals surface area contributed by atoms with E-state index in [1.54, 1.807) is 26.0 Å². The minimum absolute atomic E-state index is 0.145. The molecule has 0 fully saturated rings. The molecular formula is C23H22N2O5. The molecule has 0 unspecified atom stereocenters. The fraction of sp³-hybridized carbons (Fsp3) is 0.217. The molecule has 0 aliphatic rings. The molecule has 154 valence electrons. The Kier molecular flexibility index (Phi) is 5.82. The van der Waals surface area contributed by atoms with E-state index in [-0.39, 0.29) is 22.9 Å². The highest BCUT2D eigenvalue weighted by molar-refractivity contribution is 6.07. The second-order valence-corrected chi connectivity index (χ2v) is 7.11. The number of anilines is 1. The molecule has 0 radical (unpaired) electrons. The standard InChI is InChI=1S/C23H22N2O5/c1-12-21(14(3)26)13(2)24-22(12)20(28)11-30-23(29)18-9-16-7-5-6-8-17(16)10-19(18)25-15(4)27/h5-10,24H,11H2,1-4H3,(H,25,27). The van der Waals surface area contributed by atoms with Gasteiger partial charge < -0.3 is 15.0 Å². The second kappa shape index (κ2) is 8.32. The Morgan fingerprint density at radius 3 is 2.20 bits per heavy atom. The van der Waals surface area contributed by atoms with Crippen LogP contribution < -0.4 is 5.32 Å². The van der Waals surface area contributed by atoms with Crippen LogP contribution in [0, 0.1) is 13.8 Å². The summed E-state index contributed by atoms with van der Waals surface area (Å²) in [5.74, 6) is -1.65. The lowest BCUT2D eigenvalue weighted by atomic mass is 10.0. The summed E-state index contributed by atoms with van der Waals surface area (Å²) < 4.78 is 5.24. The van der Waals surface area contributed by atoms with Gasteiger partial charge in [0.25, 0.3) is 0 Å². The van der Waals surface area contributed by atoms with Gasteiger partial charge in [-0.15, -0.1) is 0 Å². The van der Waals surface area contributed by atoms with Crippen molar-refractivity contribution >= 4 is 39.9 Å². The number of esters is 1. The van der Waals surface area contributed by atoms with E-state index < -0.39 is 18.4 Å². The minimum atomic E-state index is -0.731. The lowest BCUT2D eigenvalue weighted by molar-refractivity contribution is -0.114. The number of benzene rings is 2. The van der Waals surface area contributed by atoms with Gasteiger partial charge >= 0.3 is 5.97 Å². The first kappa shape index (κ1) is 21.0. The molecule has 1 heterocycles. The zero-order chi connectivity index (χ0) is 22.0. The molecule has 0 saturated carbocycles. The first-order valence-electron chi connectivity index (χ1n) is 9.39. The highest BCUT2D eigenvalue weighted by atomic mass is 16.5. The number of aryl methyl sites for hydroxylation is 1. The monoisotopic (exact) mass is 406 g/mol. The normalized spacial score (nSPS) is 10.7. The van der Waals surface area contributed by atoms with E-state index in [0.29, 0.717) is 22.5 Å². The number of ketones is 2. The number of fused-ring (bicyclic) bond motifs is 1. The van der Waals surface area contributed by atoms with Gasteiger partial charge in [0.05, 0.1) is 16.9 Å². The number of amides is 1. The third-order valence-electron chi connectivity index (χ3n) is 4.82. The third kappa shape index (κ3) is 4.15. The molecule has 3 rings (SSSR count). The topological polar surface area (TPSA) is 105 Å². The van der Waals surface area contributed by atoms with Crippen molar-refractivity contribution < 1.29 is 23.9 Å². The molecule has 7 heteroatoms. The van der Waals surface area contributed by atoms with Crippen LogP contribution >= 0.6 is 0 Å². The van der Waals surface area contributed by atoms with Crippen LogP contribution in [0.4, 0.5) is 5.69 Å². The Labute approximate surface area is 173 Å². The number of nitrogens with one attached hydrogen (secondary N) is 2. The molecule has 2 N–H and O–H groups in total. The van der Waals surface area contributed by atoms with Crippen LogP contribution in [0.2, 0.25) is 0 Å². The van der Waals surface area contributed by atoms with Crippen LogP contribution in [0.25, 0.3) is 10.8 Å². The highest BCUT2D eigenvalue weighted by Gasteiger charge is 2.22. The molecule has 2 aromatic carbocycles. The maximum Gasteiger partial charge on any atom is 0.340 e. The molecule has 0 spiro atoms. The summed E-state index contributed by atoms with van der Waals surface area (Å²) in [6, 6.07) is 10.7. The van der Waals surface area contributed by atoms with Gasteiger partial charge in [0.2, 0.25) is 11.7 Å². The molecule has 0 atom stereocenters. The summed E-state index contributed by atoms with van der Waals surface area (Å²) in [5.41, 5.74) is 2.30. The highest BCUT2D eigenvalue weighted by Crippen LogP contribution is 2.25. The van der Waals surface area contributed by atoms with Crippen molar-refractivity contribution in [3.05, 3.63) is 64.5 Å². The van der Waals surface area contributed by atoms with Crippen molar-refractivity contribution in [1.82, 2.24) is 4.98 Å². The van der Waals surface area contributed by atoms with Crippen molar-refractivity contribution in [2.24, 2.45) is 0 Å². The second-order valence-electron chi connectivity index (χ2n) is 7.11. The van der Waals surface area contributed by atoms with Crippen molar-refractivity contribution in [3.63, 3.8) is 0 Å². The van der Waals surface area contributed by atoms with Crippen LogP contribution in [0.5, 0.6) is 0 Å². The van der Waals surface area contributed by atoms with Gasteiger partial charge in [0.15, 0.2) is 12.4 Å². The van der Waals surface area contributed by atoms with Crippen molar-refractivity contribution in [1.29, 1.82) is 0 Å². The number of aromatic nitrogens is 1. The van der Waals surface area contributed by atoms with Crippen molar-refractivity contribution in [2.45, 2.75) is 27.7 Å². The van der Waals surface area contributed by atoms with Crippen LogP contribution in [-0.2, 0) is 9.53 Å². The summed E-state index contributed by atoms with van der Waals surface area (Å²) in [6.45, 7) is 5.66. The van der Waals surface area contributed by atoms with Crippen LogP contribution in [-0.4, -0.2) is 35.0 Å². The van der Waals surface area contributed by atoms with E-state index >= 15 is 0 Å². The molecule has 1 amide bonds. The lowest BCUT2D eigenvalue weighted by Crippen LogP contribution is -2.17. The summed E-state index contributed by atoms with van der Waals surface area (Å²) in [6.07, 6.45) is 0. The van der Waals surface area contributed by atoms with Gasteiger partial charge in [0, 0.05) is 18.2 Å². The number of Topliss-reactive ketones (excluding diaryl/α,β-unsaturated/α-hetero) is 2. The molecule has 0 aliphatic carbocycles. The zero-order valence-electron chi connectivity index (χ0n) is 17.2.